The van der Waals surface area contributed by atoms with Crippen molar-refractivity contribution < 1.29 is 9.47 Å². The Labute approximate surface area is 116 Å². The van der Waals surface area contributed by atoms with Crippen LogP contribution in [0.4, 0.5) is 0 Å². The number of ether oxygens (including phenoxy) is 2. The van der Waals surface area contributed by atoms with Gasteiger partial charge in [0.15, 0.2) is 5.11 Å². The van der Waals surface area contributed by atoms with E-state index in [-0.39, 0.29) is 0 Å². The van der Waals surface area contributed by atoms with E-state index in [0.29, 0.717) is 12.6 Å². The average Bonchev–Trinajstić information content (AvgIpc) is 2.86. The Kier molecular flexibility index (Phi) is 8.29. The van der Waals surface area contributed by atoms with Crippen LogP contribution >= 0.6 is 12.2 Å². The summed E-state index contributed by atoms with van der Waals surface area (Å²) >= 11 is 5.49. The largest absolute Gasteiger partial charge is 0.385 e. The molecule has 0 aromatic carbocycles. The standard InChI is InChI=1S/C13H26N2O2S/c1-16-10-5-8-15(9-11-17-2)13(18)14-12-6-3-4-7-12/h12H,3-11H2,1-2H3,(H,14,18). The van der Waals surface area contributed by atoms with Gasteiger partial charge in [-0.15, -0.1) is 0 Å². The monoisotopic (exact) mass is 274 g/mol. The second kappa shape index (κ2) is 9.53. The second-order valence-electron chi connectivity index (χ2n) is 4.76. The summed E-state index contributed by atoms with van der Waals surface area (Å²) in [6.45, 7) is 3.25. The number of rotatable bonds is 8. The third-order valence-corrected chi connectivity index (χ3v) is 3.69. The maximum absolute atomic E-state index is 5.49. The summed E-state index contributed by atoms with van der Waals surface area (Å²) in [4.78, 5) is 2.19. The van der Waals surface area contributed by atoms with Crippen molar-refractivity contribution in [1.82, 2.24) is 10.2 Å². The van der Waals surface area contributed by atoms with Crippen molar-refractivity contribution in [3.05, 3.63) is 0 Å². The first-order valence-corrected chi connectivity index (χ1v) is 7.22. The van der Waals surface area contributed by atoms with Crippen LogP contribution in [0.3, 0.4) is 0 Å². The van der Waals surface area contributed by atoms with Crippen LogP contribution in [0, 0.1) is 0 Å². The van der Waals surface area contributed by atoms with Gasteiger partial charge in [0.25, 0.3) is 0 Å². The van der Waals surface area contributed by atoms with Gasteiger partial charge in [-0.3, -0.25) is 0 Å². The van der Waals surface area contributed by atoms with Crippen LogP contribution in [0.1, 0.15) is 32.1 Å². The molecule has 0 atom stereocenters. The highest BCUT2D eigenvalue weighted by Gasteiger charge is 2.18. The second-order valence-corrected chi connectivity index (χ2v) is 5.14. The molecule has 1 N–H and O–H groups in total. The molecule has 0 aromatic heterocycles. The molecule has 1 fully saturated rings. The van der Waals surface area contributed by atoms with Crippen LogP contribution in [-0.4, -0.2) is 56.6 Å². The van der Waals surface area contributed by atoms with E-state index in [4.69, 9.17) is 21.7 Å². The molecular formula is C13H26N2O2S. The minimum absolute atomic E-state index is 0.574. The van der Waals surface area contributed by atoms with E-state index in [1.165, 1.54) is 25.7 Å². The highest BCUT2D eigenvalue weighted by molar-refractivity contribution is 7.80. The molecule has 0 spiro atoms. The van der Waals surface area contributed by atoms with Gasteiger partial charge in [0.05, 0.1) is 6.61 Å². The number of hydrogen-bond acceptors (Lipinski definition) is 3. The van der Waals surface area contributed by atoms with E-state index in [9.17, 15) is 0 Å². The topological polar surface area (TPSA) is 33.7 Å². The lowest BCUT2D eigenvalue weighted by Crippen LogP contribution is -2.45. The van der Waals surface area contributed by atoms with Crippen molar-refractivity contribution in [3.63, 3.8) is 0 Å². The summed E-state index contributed by atoms with van der Waals surface area (Å²) in [5.41, 5.74) is 0. The third-order valence-electron chi connectivity index (χ3n) is 3.31. The predicted octanol–water partition coefficient (Wildman–Crippen LogP) is 1.79. The van der Waals surface area contributed by atoms with Gasteiger partial charge in [0.2, 0.25) is 0 Å². The van der Waals surface area contributed by atoms with Crippen molar-refractivity contribution >= 4 is 17.3 Å². The van der Waals surface area contributed by atoms with Gasteiger partial charge in [-0.2, -0.15) is 0 Å². The van der Waals surface area contributed by atoms with Crippen molar-refractivity contribution in [2.75, 3.05) is 40.5 Å². The lowest BCUT2D eigenvalue weighted by molar-refractivity contribution is 0.160. The predicted molar refractivity (Wildman–Crippen MR) is 77.9 cm³/mol. The molecule has 5 heteroatoms. The Morgan fingerprint density at radius 2 is 1.83 bits per heavy atom. The molecule has 0 radical (unpaired) electrons. The van der Waals surface area contributed by atoms with E-state index < -0.39 is 0 Å². The highest BCUT2D eigenvalue weighted by Crippen LogP contribution is 2.17. The SMILES string of the molecule is COCCCN(CCOC)C(=S)NC1CCCC1. The molecule has 1 rings (SSSR count). The summed E-state index contributed by atoms with van der Waals surface area (Å²) < 4.78 is 10.2. The molecule has 0 unspecified atom stereocenters. The molecule has 1 aliphatic rings. The highest BCUT2D eigenvalue weighted by atomic mass is 32.1. The van der Waals surface area contributed by atoms with E-state index >= 15 is 0 Å². The van der Waals surface area contributed by atoms with Gasteiger partial charge in [0, 0.05) is 40.0 Å². The maximum Gasteiger partial charge on any atom is 0.169 e. The zero-order chi connectivity index (χ0) is 13.2. The lowest BCUT2D eigenvalue weighted by atomic mass is 10.2. The Balaban J connectivity index is 2.32. The molecule has 0 bridgehead atoms. The number of nitrogens with one attached hydrogen (secondary N) is 1. The summed E-state index contributed by atoms with van der Waals surface area (Å²) in [5, 5.41) is 4.35. The van der Waals surface area contributed by atoms with Crippen LogP contribution in [0.15, 0.2) is 0 Å². The molecule has 0 aliphatic heterocycles. The van der Waals surface area contributed by atoms with Gasteiger partial charge in [-0.25, -0.2) is 0 Å². The molecule has 0 saturated heterocycles. The number of hydrogen-bond donors (Lipinski definition) is 1. The van der Waals surface area contributed by atoms with Crippen molar-refractivity contribution in [3.8, 4) is 0 Å². The lowest BCUT2D eigenvalue weighted by Gasteiger charge is -2.27. The Bertz CT molecular complexity index is 233. The Hall–Kier alpha value is -0.390. The molecule has 1 saturated carbocycles. The molecule has 0 amide bonds. The Morgan fingerprint density at radius 3 is 2.44 bits per heavy atom. The summed E-state index contributed by atoms with van der Waals surface area (Å²) in [6.07, 6.45) is 6.13. The molecule has 1 aliphatic carbocycles. The van der Waals surface area contributed by atoms with Gasteiger partial charge >= 0.3 is 0 Å². The summed E-state index contributed by atoms with van der Waals surface area (Å²) in [5.74, 6) is 0. The quantitative estimate of drug-likeness (QED) is 0.539. The molecule has 106 valence electrons. The fourth-order valence-electron chi connectivity index (χ4n) is 2.25. The minimum atomic E-state index is 0.574. The maximum atomic E-state index is 5.49. The summed E-state index contributed by atoms with van der Waals surface area (Å²) in [7, 11) is 3.45. The normalized spacial score (nSPS) is 15.9. The molecule has 0 heterocycles. The van der Waals surface area contributed by atoms with Crippen LogP contribution in [0.25, 0.3) is 0 Å². The minimum Gasteiger partial charge on any atom is -0.385 e. The van der Waals surface area contributed by atoms with Gasteiger partial charge in [-0.1, -0.05) is 12.8 Å². The van der Waals surface area contributed by atoms with E-state index in [2.05, 4.69) is 10.2 Å². The van der Waals surface area contributed by atoms with Crippen LogP contribution < -0.4 is 5.32 Å². The fraction of sp³-hybridized carbons (Fsp3) is 0.923. The van der Waals surface area contributed by atoms with Gasteiger partial charge < -0.3 is 19.7 Å². The average molecular weight is 274 g/mol. The number of methoxy groups -OCH3 is 2. The van der Waals surface area contributed by atoms with E-state index in [1.807, 2.05) is 0 Å². The van der Waals surface area contributed by atoms with Crippen molar-refractivity contribution in [2.24, 2.45) is 0 Å². The zero-order valence-electron chi connectivity index (χ0n) is 11.6. The molecular weight excluding hydrogens is 248 g/mol. The van der Waals surface area contributed by atoms with Crippen LogP contribution in [-0.2, 0) is 9.47 Å². The smallest absolute Gasteiger partial charge is 0.169 e. The number of thiocarbonyl (C=S) groups is 1. The molecule has 4 nitrogen and oxygen atoms in total. The molecule has 0 aromatic rings. The molecule has 18 heavy (non-hydrogen) atoms. The van der Waals surface area contributed by atoms with Crippen molar-refractivity contribution in [2.45, 2.75) is 38.1 Å². The number of nitrogens with zero attached hydrogens (tertiary/aromatic N) is 1. The van der Waals surface area contributed by atoms with Crippen LogP contribution in [0.2, 0.25) is 0 Å². The first-order valence-electron chi connectivity index (χ1n) is 6.81. The van der Waals surface area contributed by atoms with Gasteiger partial charge in [0.1, 0.15) is 0 Å². The third kappa shape index (κ3) is 5.98. The fourth-order valence-corrected chi connectivity index (χ4v) is 2.60. The first kappa shape index (κ1) is 15.7. The van der Waals surface area contributed by atoms with Crippen LogP contribution in [0.5, 0.6) is 0 Å². The van der Waals surface area contributed by atoms with Crippen molar-refractivity contribution in [1.29, 1.82) is 0 Å². The van der Waals surface area contributed by atoms with E-state index in [0.717, 1.165) is 31.2 Å². The zero-order valence-corrected chi connectivity index (χ0v) is 12.4. The van der Waals surface area contributed by atoms with E-state index in [1.54, 1.807) is 14.2 Å². The Morgan fingerprint density at radius 1 is 1.17 bits per heavy atom. The van der Waals surface area contributed by atoms with Gasteiger partial charge in [-0.05, 0) is 31.5 Å². The first-order chi connectivity index (χ1) is 8.77. The summed E-state index contributed by atoms with van der Waals surface area (Å²) in [6, 6.07) is 0.574.